The number of benzene rings is 2. The lowest BCUT2D eigenvalue weighted by Gasteiger charge is -2.15. The summed E-state index contributed by atoms with van der Waals surface area (Å²) < 4.78 is 11.4. The summed E-state index contributed by atoms with van der Waals surface area (Å²) >= 11 is 12.4. The number of halogens is 2. The van der Waals surface area contributed by atoms with Crippen molar-refractivity contribution in [1.82, 2.24) is 0 Å². The van der Waals surface area contributed by atoms with Crippen LogP contribution in [-0.2, 0) is 11.4 Å². The van der Waals surface area contributed by atoms with Gasteiger partial charge in [0.2, 0.25) is 0 Å². The van der Waals surface area contributed by atoms with E-state index >= 15 is 0 Å². The SMILES string of the molecule is CCOc1cc(C=C(C#N)C(N)=O)cc(Cl)c1OCc1ccccc1Cl. The largest absolute Gasteiger partial charge is 0.490 e. The van der Waals surface area contributed by atoms with E-state index in [1.54, 1.807) is 24.3 Å². The zero-order chi connectivity index (χ0) is 19.1. The number of nitrogens with zero attached hydrogens (tertiary/aromatic N) is 1. The van der Waals surface area contributed by atoms with Gasteiger partial charge in [0.05, 0.1) is 11.6 Å². The van der Waals surface area contributed by atoms with Crippen molar-refractivity contribution in [2.24, 2.45) is 5.73 Å². The third kappa shape index (κ3) is 4.92. The Morgan fingerprint density at radius 3 is 2.58 bits per heavy atom. The quantitative estimate of drug-likeness (QED) is 0.561. The molecule has 0 aliphatic carbocycles. The van der Waals surface area contributed by atoms with Crippen LogP contribution in [0.3, 0.4) is 0 Å². The number of amides is 1. The van der Waals surface area contributed by atoms with Gasteiger partial charge >= 0.3 is 0 Å². The summed E-state index contributed by atoms with van der Waals surface area (Å²) in [5.41, 5.74) is 6.27. The van der Waals surface area contributed by atoms with Crippen molar-refractivity contribution < 1.29 is 14.3 Å². The summed E-state index contributed by atoms with van der Waals surface area (Å²) in [5, 5.41) is 9.83. The minimum Gasteiger partial charge on any atom is -0.490 e. The molecule has 5 nitrogen and oxygen atoms in total. The molecule has 26 heavy (non-hydrogen) atoms. The molecule has 2 rings (SSSR count). The highest BCUT2D eigenvalue weighted by Crippen LogP contribution is 2.38. The summed E-state index contributed by atoms with van der Waals surface area (Å²) in [4.78, 5) is 11.2. The van der Waals surface area contributed by atoms with Crippen molar-refractivity contribution in [3.05, 3.63) is 63.1 Å². The number of nitriles is 1. The standard InChI is InChI=1S/C19H16Cl2N2O3/c1-2-25-17-9-12(7-14(10-22)19(23)24)8-16(21)18(17)26-11-13-5-3-4-6-15(13)20/h3-9H,2,11H2,1H3,(H2,23,24). The number of ether oxygens (including phenoxy) is 2. The van der Waals surface area contributed by atoms with Crippen LogP contribution in [0.5, 0.6) is 11.5 Å². The van der Waals surface area contributed by atoms with Gasteiger partial charge in [-0.3, -0.25) is 4.79 Å². The highest BCUT2D eigenvalue weighted by atomic mass is 35.5. The molecular weight excluding hydrogens is 375 g/mol. The van der Waals surface area contributed by atoms with Crippen LogP contribution >= 0.6 is 23.2 Å². The van der Waals surface area contributed by atoms with Crippen LogP contribution in [0.15, 0.2) is 42.0 Å². The molecule has 0 saturated carbocycles. The van der Waals surface area contributed by atoms with Crippen molar-refractivity contribution in [1.29, 1.82) is 5.26 Å². The van der Waals surface area contributed by atoms with Crippen molar-refractivity contribution in [2.75, 3.05) is 6.61 Å². The van der Waals surface area contributed by atoms with Gasteiger partial charge in [-0.1, -0.05) is 41.4 Å². The van der Waals surface area contributed by atoms with Gasteiger partial charge in [-0.05, 0) is 36.8 Å². The fourth-order valence-corrected chi connectivity index (χ4v) is 2.63. The maximum absolute atomic E-state index is 11.2. The Bertz CT molecular complexity index is 889. The predicted molar refractivity (Wildman–Crippen MR) is 101 cm³/mol. The van der Waals surface area contributed by atoms with Crippen molar-refractivity contribution >= 4 is 35.2 Å². The fourth-order valence-electron chi connectivity index (χ4n) is 2.16. The first kappa shape index (κ1) is 19.6. The second-order valence-corrected chi connectivity index (χ2v) is 5.99. The molecule has 0 radical (unpaired) electrons. The Hall–Kier alpha value is -2.68. The van der Waals surface area contributed by atoms with E-state index < -0.39 is 5.91 Å². The summed E-state index contributed by atoms with van der Waals surface area (Å²) in [6, 6.07) is 12.2. The molecule has 0 bridgehead atoms. The van der Waals surface area contributed by atoms with Crippen LogP contribution in [0, 0.1) is 11.3 Å². The number of nitrogens with two attached hydrogens (primary N) is 1. The van der Waals surface area contributed by atoms with E-state index in [0.717, 1.165) is 5.56 Å². The first-order valence-corrected chi connectivity index (χ1v) is 8.46. The predicted octanol–water partition coefficient (Wildman–Crippen LogP) is 4.36. The summed E-state index contributed by atoms with van der Waals surface area (Å²) in [5.74, 6) is -0.0798. The van der Waals surface area contributed by atoms with E-state index in [9.17, 15) is 4.79 Å². The molecule has 2 aromatic rings. The highest BCUT2D eigenvalue weighted by Gasteiger charge is 2.14. The van der Waals surface area contributed by atoms with Crippen LogP contribution in [0.2, 0.25) is 10.0 Å². The van der Waals surface area contributed by atoms with Crippen LogP contribution < -0.4 is 15.2 Å². The van der Waals surface area contributed by atoms with Gasteiger partial charge in [-0.25, -0.2) is 0 Å². The van der Waals surface area contributed by atoms with E-state index in [1.165, 1.54) is 6.08 Å². The van der Waals surface area contributed by atoms with Crippen LogP contribution in [0.1, 0.15) is 18.1 Å². The first-order chi connectivity index (χ1) is 12.5. The molecule has 0 unspecified atom stereocenters. The summed E-state index contributed by atoms with van der Waals surface area (Å²) in [6.07, 6.45) is 1.34. The molecule has 7 heteroatoms. The Morgan fingerprint density at radius 1 is 1.23 bits per heavy atom. The Balaban J connectivity index is 2.36. The van der Waals surface area contributed by atoms with Crippen LogP contribution in [0.25, 0.3) is 6.08 Å². The number of rotatable bonds is 7. The molecule has 0 aliphatic heterocycles. The number of carbonyl (C=O) groups is 1. The molecule has 0 aromatic heterocycles. The molecule has 1 amide bonds. The molecule has 2 aromatic carbocycles. The van der Waals surface area contributed by atoms with Gasteiger partial charge in [0, 0.05) is 10.6 Å². The minimum absolute atomic E-state index is 0.187. The summed E-state index contributed by atoms with van der Waals surface area (Å²) in [6.45, 7) is 2.41. The molecule has 2 N–H and O–H groups in total. The fraction of sp³-hybridized carbons (Fsp3) is 0.158. The third-order valence-electron chi connectivity index (χ3n) is 3.36. The third-order valence-corrected chi connectivity index (χ3v) is 4.01. The Morgan fingerprint density at radius 2 is 1.96 bits per heavy atom. The van der Waals surface area contributed by atoms with E-state index in [1.807, 2.05) is 25.1 Å². The molecule has 0 saturated heterocycles. The minimum atomic E-state index is -0.819. The number of hydrogen-bond donors (Lipinski definition) is 1. The normalized spacial score (nSPS) is 10.9. The van der Waals surface area contributed by atoms with Crippen molar-refractivity contribution in [2.45, 2.75) is 13.5 Å². The maximum atomic E-state index is 11.2. The van der Waals surface area contributed by atoms with E-state index in [-0.39, 0.29) is 17.2 Å². The van der Waals surface area contributed by atoms with Crippen molar-refractivity contribution in [3.63, 3.8) is 0 Å². The van der Waals surface area contributed by atoms with Gasteiger partial charge in [0.15, 0.2) is 11.5 Å². The average Bonchev–Trinajstić information content (AvgIpc) is 2.60. The molecule has 0 atom stereocenters. The zero-order valence-corrected chi connectivity index (χ0v) is 15.5. The van der Waals surface area contributed by atoms with Gasteiger partial charge in [-0.15, -0.1) is 0 Å². The zero-order valence-electron chi connectivity index (χ0n) is 14.0. The topological polar surface area (TPSA) is 85.3 Å². The highest BCUT2D eigenvalue weighted by molar-refractivity contribution is 6.32. The second-order valence-electron chi connectivity index (χ2n) is 5.18. The first-order valence-electron chi connectivity index (χ1n) is 7.70. The Labute approximate surface area is 161 Å². The van der Waals surface area contributed by atoms with Crippen LogP contribution in [-0.4, -0.2) is 12.5 Å². The van der Waals surface area contributed by atoms with E-state index in [0.29, 0.717) is 28.7 Å². The molecule has 0 fully saturated rings. The average molecular weight is 391 g/mol. The smallest absolute Gasteiger partial charge is 0.259 e. The second kappa shape index (κ2) is 9.14. The number of primary amides is 1. The van der Waals surface area contributed by atoms with Gasteiger partial charge in [-0.2, -0.15) is 5.26 Å². The molecule has 0 aliphatic rings. The summed E-state index contributed by atoms with van der Waals surface area (Å²) in [7, 11) is 0. The van der Waals surface area contributed by atoms with Gasteiger partial charge in [0.1, 0.15) is 18.2 Å². The van der Waals surface area contributed by atoms with Gasteiger partial charge < -0.3 is 15.2 Å². The monoisotopic (exact) mass is 390 g/mol. The molecule has 0 spiro atoms. The lowest BCUT2D eigenvalue weighted by atomic mass is 10.1. The van der Waals surface area contributed by atoms with Crippen LogP contribution in [0.4, 0.5) is 0 Å². The lowest BCUT2D eigenvalue weighted by Crippen LogP contribution is -2.12. The van der Waals surface area contributed by atoms with E-state index in [4.69, 9.17) is 43.7 Å². The lowest BCUT2D eigenvalue weighted by molar-refractivity contribution is -0.114. The van der Waals surface area contributed by atoms with Gasteiger partial charge in [0.25, 0.3) is 5.91 Å². The molecular formula is C19H16Cl2N2O3. The number of hydrogen-bond acceptors (Lipinski definition) is 4. The van der Waals surface area contributed by atoms with Crippen molar-refractivity contribution in [3.8, 4) is 17.6 Å². The number of carbonyl (C=O) groups excluding carboxylic acids is 1. The molecule has 0 heterocycles. The maximum Gasteiger partial charge on any atom is 0.259 e. The Kier molecular flexibility index (Phi) is 6.90. The van der Waals surface area contributed by atoms with E-state index in [2.05, 4.69) is 0 Å². The molecule has 134 valence electrons.